The van der Waals surface area contributed by atoms with E-state index < -0.39 is 0 Å². The smallest absolute Gasteiger partial charge is 0.0331 e. The van der Waals surface area contributed by atoms with E-state index >= 15 is 0 Å². The van der Waals surface area contributed by atoms with Gasteiger partial charge >= 0.3 is 0 Å². The van der Waals surface area contributed by atoms with Crippen LogP contribution >= 0.6 is 0 Å². The monoisotopic (exact) mass is 224 g/mol. The minimum atomic E-state index is 0.319. The van der Waals surface area contributed by atoms with Crippen molar-refractivity contribution in [2.45, 2.75) is 51.5 Å². The Morgan fingerprint density at radius 1 is 1.38 bits per heavy atom. The van der Waals surface area contributed by atoms with E-state index in [1.54, 1.807) is 0 Å². The molecule has 0 radical (unpaired) electrons. The molecule has 0 aliphatic heterocycles. The van der Waals surface area contributed by atoms with Gasteiger partial charge in [0.25, 0.3) is 0 Å². The minimum absolute atomic E-state index is 0.319. The Kier molecular flexibility index (Phi) is 3.60. The molecule has 2 heteroatoms. The first-order valence-corrected chi connectivity index (χ1v) is 6.99. The third kappa shape index (κ3) is 2.43. The molecule has 2 aliphatic rings. The average molecular weight is 224 g/mol. The third-order valence-electron chi connectivity index (χ3n) is 5.04. The van der Waals surface area contributed by atoms with Crippen molar-refractivity contribution in [2.75, 3.05) is 20.1 Å². The van der Waals surface area contributed by atoms with Crippen molar-refractivity contribution in [3.8, 4) is 0 Å². The van der Waals surface area contributed by atoms with E-state index in [1.807, 2.05) is 0 Å². The van der Waals surface area contributed by atoms with E-state index in [1.165, 1.54) is 38.6 Å². The standard InChI is InChI=1S/C14H28N2/c1-11-5-4-6-14(8-11,10-15)16(3)9-13-7-12(13)2/h11-13H,4-10,15H2,1-3H3. The highest BCUT2D eigenvalue weighted by Crippen LogP contribution is 2.41. The fraction of sp³-hybridized carbons (Fsp3) is 1.00. The Morgan fingerprint density at radius 2 is 2.06 bits per heavy atom. The van der Waals surface area contributed by atoms with E-state index in [9.17, 15) is 0 Å². The molecule has 0 heterocycles. The van der Waals surface area contributed by atoms with Gasteiger partial charge in [0.2, 0.25) is 0 Å². The van der Waals surface area contributed by atoms with Crippen molar-refractivity contribution in [3.63, 3.8) is 0 Å². The maximum atomic E-state index is 6.09. The molecule has 2 N–H and O–H groups in total. The first-order valence-electron chi connectivity index (χ1n) is 6.99. The number of nitrogens with two attached hydrogens (primary N) is 1. The summed E-state index contributed by atoms with van der Waals surface area (Å²) in [6.07, 6.45) is 6.81. The second kappa shape index (κ2) is 4.66. The Bertz CT molecular complexity index is 241. The van der Waals surface area contributed by atoms with Gasteiger partial charge in [-0.2, -0.15) is 0 Å². The fourth-order valence-electron chi connectivity index (χ4n) is 3.52. The van der Waals surface area contributed by atoms with Crippen LogP contribution in [0.5, 0.6) is 0 Å². The molecule has 16 heavy (non-hydrogen) atoms. The van der Waals surface area contributed by atoms with Gasteiger partial charge < -0.3 is 5.73 Å². The zero-order valence-corrected chi connectivity index (χ0v) is 11.2. The Hall–Kier alpha value is -0.0800. The van der Waals surface area contributed by atoms with Gasteiger partial charge in [-0.25, -0.2) is 0 Å². The van der Waals surface area contributed by atoms with Crippen LogP contribution < -0.4 is 5.73 Å². The topological polar surface area (TPSA) is 29.3 Å². The van der Waals surface area contributed by atoms with Crippen molar-refractivity contribution in [1.29, 1.82) is 0 Å². The second-order valence-corrected chi connectivity index (χ2v) is 6.48. The highest BCUT2D eigenvalue weighted by atomic mass is 15.2. The summed E-state index contributed by atoms with van der Waals surface area (Å²) < 4.78 is 0. The van der Waals surface area contributed by atoms with Gasteiger partial charge in [0.15, 0.2) is 0 Å². The van der Waals surface area contributed by atoms with E-state index in [4.69, 9.17) is 5.73 Å². The van der Waals surface area contributed by atoms with Crippen LogP contribution in [0.15, 0.2) is 0 Å². The summed E-state index contributed by atoms with van der Waals surface area (Å²) in [7, 11) is 2.30. The van der Waals surface area contributed by atoms with Gasteiger partial charge in [0.05, 0.1) is 0 Å². The Balaban J connectivity index is 1.95. The van der Waals surface area contributed by atoms with Crippen LogP contribution in [0.3, 0.4) is 0 Å². The van der Waals surface area contributed by atoms with Crippen LogP contribution in [-0.4, -0.2) is 30.6 Å². The highest BCUT2D eigenvalue weighted by Gasteiger charge is 2.41. The van der Waals surface area contributed by atoms with E-state index in [2.05, 4.69) is 25.8 Å². The molecule has 0 aromatic rings. The molecule has 0 spiro atoms. The van der Waals surface area contributed by atoms with Gasteiger partial charge in [-0.1, -0.05) is 26.7 Å². The summed E-state index contributed by atoms with van der Waals surface area (Å²) in [6.45, 7) is 6.87. The van der Waals surface area contributed by atoms with Gasteiger partial charge in [0, 0.05) is 18.6 Å². The molecule has 0 aromatic carbocycles. The van der Waals surface area contributed by atoms with Crippen molar-refractivity contribution < 1.29 is 0 Å². The predicted octanol–water partition coefficient (Wildman–Crippen LogP) is 2.48. The molecule has 94 valence electrons. The largest absolute Gasteiger partial charge is 0.329 e. The molecule has 2 nitrogen and oxygen atoms in total. The molecule has 2 aliphatic carbocycles. The first kappa shape index (κ1) is 12.4. The molecule has 4 atom stereocenters. The van der Waals surface area contributed by atoms with E-state index in [-0.39, 0.29) is 0 Å². The first-order chi connectivity index (χ1) is 7.57. The number of nitrogens with zero attached hydrogens (tertiary/aromatic N) is 1. The molecule has 2 fully saturated rings. The lowest BCUT2D eigenvalue weighted by Gasteiger charge is -2.46. The molecule has 0 amide bonds. The Morgan fingerprint density at radius 3 is 2.56 bits per heavy atom. The lowest BCUT2D eigenvalue weighted by Crippen LogP contribution is -2.55. The maximum absolute atomic E-state index is 6.09. The second-order valence-electron chi connectivity index (χ2n) is 6.48. The lowest BCUT2D eigenvalue weighted by molar-refractivity contribution is 0.0569. The number of rotatable bonds is 4. The third-order valence-corrected chi connectivity index (χ3v) is 5.04. The molecule has 0 bridgehead atoms. The van der Waals surface area contributed by atoms with E-state index in [0.29, 0.717) is 5.54 Å². The van der Waals surface area contributed by atoms with Crippen molar-refractivity contribution in [2.24, 2.45) is 23.5 Å². The predicted molar refractivity (Wildman–Crippen MR) is 69.3 cm³/mol. The van der Waals surface area contributed by atoms with Gasteiger partial charge in [0.1, 0.15) is 0 Å². The quantitative estimate of drug-likeness (QED) is 0.795. The lowest BCUT2D eigenvalue weighted by atomic mass is 9.75. The SMILES string of the molecule is CC1CCCC(CN)(N(C)CC2CC2C)C1. The highest BCUT2D eigenvalue weighted by molar-refractivity contribution is 4.97. The molecule has 0 aromatic heterocycles. The summed E-state index contributed by atoms with van der Waals surface area (Å²) in [6, 6.07) is 0. The molecule has 2 saturated carbocycles. The van der Waals surface area contributed by atoms with Crippen molar-refractivity contribution in [1.82, 2.24) is 4.90 Å². The fourth-order valence-corrected chi connectivity index (χ4v) is 3.52. The van der Waals surface area contributed by atoms with Crippen molar-refractivity contribution in [3.05, 3.63) is 0 Å². The summed E-state index contributed by atoms with van der Waals surface area (Å²) in [5, 5.41) is 0. The maximum Gasteiger partial charge on any atom is 0.0331 e. The van der Waals surface area contributed by atoms with Crippen LogP contribution in [0, 0.1) is 17.8 Å². The van der Waals surface area contributed by atoms with Gasteiger partial charge in [-0.3, -0.25) is 4.90 Å². The van der Waals surface area contributed by atoms with Crippen molar-refractivity contribution >= 4 is 0 Å². The number of likely N-dealkylation sites (N-methyl/N-ethyl adjacent to an activating group) is 1. The summed E-state index contributed by atoms with van der Waals surface area (Å²) in [4.78, 5) is 2.59. The zero-order chi connectivity index (χ0) is 11.8. The average Bonchev–Trinajstić information content (AvgIpc) is 2.94. The molecule has 4 unspecified atom stereocenters. The summed E-state index contributed by atoms with van der Waals surface area (Å²) in [5.41, 5.74) is 6.41. The molecule has 2 rings (SSSR count). The minimum Gasteiger partial charge on any atom is -0.329 e. The molecular weight excluding hydrogens is 196 g/mol. The van der Waals surface area contributed by atoms with Crippen LogP contribution in [-0.2, 0) is 0 Å². The van der Waals surface area contributed by atoms with Gasteiger partial charge in [-0.05, 0) is 44.1 Å². The van der Waals surface area contributed by atoms with Crippen LogP contribution in [0.4, 0.5) is 0 Å². The molecular formula is C14H28N2. The van der Waals surface area contributed by atoms with Crippen LogP contribution in [0.25, 0.3) is 0 Å². The Labute approximate surface area is 101 Å². The number of hydrogen-bond acceptors (Lipinski definition) is 2. The normalized spacial score (nSPS) is 43.7. The number of hydrogen-bond donors (Lipinski definition) is 1. The van der Waals surface area contributed by atoms with Crippen LogP contribution in [0.2, 0.25) is 0 Å². The van der Waals surface area contributed by atoms with Crippen LogP contribution in [0.1, 0.15) is 46.0 Å². The summed E-state index contributed by atoms with van der Waals surface area (Å²) in [5.74, 6) is 2.76. The van der Waals surface area contributed by atoms with Gasteiger partial charge in [-0.15, -0.1) is 0 Å². The molecule has 0 saturated heterocycles. The zero-order valence-electron chi connectivity index (χ0n) is 11.2. The van der Waals surface area contributed by atoms with E-state index in [0.717, 1.165) is 24.3 Å². The summed E-state index contributed by atoms with van der Waals surface area (Å²) >= 11 is 0.